The fraction of sp³-hybridized carbons (Fsp3) is 0.952. The number of hydrogen-bond donors (Lipinski definition) is 3. The first-order chi connectivity index (χ1) is 12.1. The van der Waals surface area contributed by atoms with Gasteiger partial charge < -0.3 is 15.3 Å². The van der Waals surface area contributed by atoms with E-state index >= 15 is 0 Å². The van der Waals surface area contributed by atoms with Crippen LogP contribution in [-0.2, 0) is 4.79 Å². The molecule has 0 spiro atoms. The molecule has 0 heterocycles. The fourth-order valence-electron chi connectivity index (χ4n) is 5.08. The van der Waals surface area contributed by atoms with Crippen molar-refractivity contribution in [1.29, 1.82) is 0 Å². The second-order valence-corrected chi connectivity index (χ2v) is 8.53. The molecule has 0 bridgehead atoms. The monoisotopic (exact) mass is 354 g/mol. The zero-order chi connectivity index (χ0) is 18.1. The maximum atomic E-state index is 10.5. The summed E-state index contributed by atoms with van der Waals surface area (Å²) in [6, 6.07) is 0. The third-order valence-corrected chi connectivity index (χ3v) is 6.56. The third-order valence-electron chi connectivity index (χ3n) is 6.56. The van der Waals surface area contributed by atoms with E-state index < -0.39 is 5.97 Å². The first kappa shape index (κ1) is 20.7. The van der Waals surface area contributed by atoms with Crippen LogP contribution in [0.15, 0.2) is 0 Å². The minimum absolute atomic E-state index is 0.155. The summed E-state index contributed by atoms with van der Waals surface area (Å²) in [4.78, 5) is 10.5. The SMILES string of the molecule is O=C(O)CCCCCC[C@@H]1[C@@H](CCC(O)CC2CCCC2)CC[C@@H]1O. The minimum atomic E-state index is -0.706. The Morgan fingerprint density at radius 1 is 0.960 bits per heavy atom. The van der Waals surface area contributed by atoms with Crippen LogP contribution in [0.3, 0.4) is 0 Å². The molecule has 4 atom stereocenters. The third kappa shape index (κ3) is 7.65. The lowest BCUT2D eigenvalue weighted by molar-refractivity contribution is -0.137. The predicted molar refractivity (Wildman–Crippen MR) is 99.4 cm³/mol. The highest BCUT2D eigenvalue weighted by molar-refractivity contribution is 5.66. The van der Waals surface area contributed by atoms with E-state index in [-0.39, 0.29) is 18.6 Å². The van der Waals surface area contributed by atoms with Crippen LogP contribution in [0.2, 0.25) is 0 Å². The van der Waals surface area contributed by atoms with E-state index in [4.69, 9.17) is 5.11 Å². The van der Waals surface area contributed by atoms with Gasteiger partial charge in [0, 0.05) is 6.42 Å². The molecule has 0 amide bonds. The second kappa shape index (κ2) is 11.2. The van der Waals surface area contributed by atoms with Crippen LogP contribution in [0.5, 0.6) is 0 Å². The van der Waals surface area contributed by atoms with Gasteiger partial charge in [-0.3, -0.25) is 4.79 Å². The molecule has 2 rings (SSSR count). The molecule has 0 radical (unpaired) electrons. The van der Waals surface area contributed by atoms with Gasteiger partial charge in [0.1, 0.15) is 0 Å². The Balaban J connectivity index is 1.60. The predicted octanol–water partition coefficient (Wildman–Crippen LogP) is 4.52. The molecule has 0 aromatic heterocycles. The molecule has 0 aromatic carbocycles. The first-order valence-electron chi connectivity index (χ1n) is 10.6. The van der Waals surface area contributed by atoms with Gasteiger partial charge in [0.05, 0.1) is 12.2 Å². The summed E-state index contributed by atoms with van der Waals surface area (Å²) in [5.41, 5.74) is 0. The second-order valence-electron chi connectivity index (χ2n) is 8.53. The summed E-state index contributed by atoms with van der Waals surface area (Å²) in [6.07, 6.45) is 15.1. The van der Waals surface area contributed by atoms with Gasteiger partial charge in [0.15, 0.2) is 0 Å². The van der Waals surface area contributed by atoms with Gasteiger partial charge >= 0.3 is 5.97 Å². The Labute approximate surface area is 153 Å². The van der Waals surface area contributed by atoms with Crippen molar-refractivity contribution in [3.8, 4) is 0 Å². The van der Waals surface area contributed by atoms with Gasteiger partial charge in [0.25, 0.3) is 0 Å². The number of carboxylic acids is 1. The quantitative estimate of drug-likeness (QED) is 0.450. The Bertz CT molecular complexity index is 378. The Morgan fingerprint density at radius 3 is 2.40 bits per heavy atom. The molecule has 4 nitrogen and oxygen atoms in total. The summed E-state index contributed by atoms with van der Waals surface area (Å²) in [5.74, 6) is 0.985. The Morgan fingerprint density at radius 2 is 1.68 bits per heavy atom. The topological polar surface area (TPSA) is 77.8 Å². The summed E-state index contributed by atoms with van der Waals surface area (Å²) in [5, 5.41) is 29.3. The van der Waals surface area contributed by atoms with Crippen LogP contribution in [-0.4, -0.2) is 33.5 Å². The van der Waals surface area contributed by atoms with E-state index in [0.717, 1.165) is 70.1 Å². The van der Waals surface area contributed by atoms with Gasteiger partial charge in [-0.25, -0.2) is 0 Å². The lowest BCUT2D eigenvalue weighted by Gasteiger charge is -2.24. The highest BCUT2D eigenvalue weighted by atomic mass is 16.4. The molecule has 3 N–H and O–H groups in total. The molecule has 0 aromatic rings. The number of carbonyl (C=O) groups is 1. The molecule has 0 aliphatic heterocycles. The van der Waals surface area contributed by atoms with Crippen molar-refractivity contribution in [2.24, 2.45) is 17.8 Å². The van der Waals surface area contributed by atoms with Crippen molar-refractivity contribution in [2.45, 2.75) is 109 Å². The van der Waals surface area contributed by atoms with Gasteiger partial charge in [-0.15, -0.1) is 0 Å². The summed E-state index contributed by atoms with van der Waals surface area (Å²) < 4.78 is 0. The number of aliphatic hydroxyl groups is 2. The van der Waals surface area contributed by atoms with Gasteiger partial charge in [-0.2, -0.15) is 0 Å². The van der Waals surface area contributed by atoms with Gasteiger partial charge in [0.2, 0.25) is 0 Å². The fourth-order valence-corrected chi connectivity index (χ4v) is 5.08. The first-order valence-corrected chi connectivity index (χ1v) is 10.6. The molecule has 2 fully saturated rings. The van der Waals surface area contributed by atoms with E-state index in [2.05, 4.69) is 0 Å². The lowest BCUT2D eigenvalue weighted by atomic mass is 9.85. The lowest BCUT2D eigenvalue weighted by Crippen LogP contribution is -2.21. The maximum Gasteiger partial charge on any atom is 0.303 e. The van der Waals surface area contributed by atoms with Crippen LogP contribution < -0.4 is 0 Å². The highest BCUT2D eigenvalue weighted by Gasteiger charge is 2.34. The summed E-state index contributed by atoms with van der Waals surface area (Å²) in [6.45, 7) is 0. The van der Waals surface area contributed by atoms with Gasteiger partial charge in [-0.1, -0.05) is 44.9 Å². The van der Waals surface area contributed by atoms with Crippen molar-refractivity contribution < 1.29 is 20.1 Å². The van der Waals surface area contributed by atoms with Crippen molar-refractivity contribution in [3.63, 3.8) is 0 Å². The van der Waals surface area contributed by atoms with Crippen LogP contribution in [0.4, 0.5) is 0 Å². The van der Waals surface area contributed by atoms with Crippen molar-refractivity contribution in [2.75, 3.05) is 0 Å². The molecule has 146 valence electrons. The number of aliphatic hydroxyl groups excluding tert-OH is 2. The van der Waals surface area contributed by atoms with E-state index in [1.165, 1.54) is 25.7 Å². The molecule has 0 saturated heterocycles. The molecule has 4 heteroatoms. The molecule has 2 saturated carbocycles. The minimum Gasteiger partial charge on any atom is -0.481 e. The normalized spacial score (nSPS) is 28.5. The number of rotatable bonds is 12. The van der Waals surface area contributed by atoms with Crippen molar-refractivity contribution in [1.82, 2.24) is 0 Å². The average molecular weight is 355 g/mol. The Kier molecular flexibility index (Phi) is 9.25. The smallest absolute Gasteiger partial charge is 0.303 e. The van der Waals surface area contributed by atoms with E-state index in [0.29, 0.717) is 11.8 Å². The van der Waals surface area contributed by atoms with Crippen LogP contribution in [0, 0.1) is 17.8 Å². The van der Waals surface area contributed by atoms with Crippen LogP contribution >= 0.6 is 0 Å². The largest absolute Gasteiger partial charge is 0.481 e. The van der Waals surface area contributed by atoms with E-state index in [1.807, 2.05) is 0 Å². The molecule has 2 aliphatic carbocycles. The summed E-state index contributed by atoms with van der Waals surface area (Å²) >= 11 is 0. The number of carboxylic acid groups (broad SMARTS) is 1. The zero-order valence-corrected chi connectivity index (χ0v) is 15.7. The average Bonchev–Trinajstić information content (AvgIpc) is 3.19. The zero-order valence-electron chi connectivity index (χ0n) is 15.7. The molecule has 1 unspecified atom stereocenters. The number of hydrogen-bond acceptors (Lipinski definition) is 3. The van der Waals surface area contributed by atoms with E-state index in [9.17, 15) is 15.0 Å². The molecular weight excluding hydrogens is 316 g/mol. The maximum absolute atomic E-state index is 10.5. The van der Waals surface area contributed by atoms with Crippen molar-refractivity contribution >= 4 is 5.97 Å². The molecule has 25 heavy (non-hydrogen) atoms. The van der Waals surface area contributed by atoms with Gasteiger partial charge in [-0.05, 0) is 62.7 Å². The summed E-state index contributed by atoms with van der Waals surface area (Å²) in [7, 11) is 0. The van der Waals surface area contributed by atoms with Crippen molar-refractivity contribution in [3.05, 3.63) is 0 Å². The molecule has 2 aliphatic rings. The van der Waals surface area contributed by atoms with Crippen LogP contribution in [0.25, 0.3) is 0 Å². The Hall–Kier alpha value is -0.610. The van der Waals surface area contributed by atoms with E-state index in [1.54, 1.807) is 0 Å². The van der Waals surface area contributed by atoms with Crippen LogP contribution in [0.1, 0.15) is 96.3 Å². The molecular formula is C21H38O4. The number of aliphatic carboxylic acids is 1. The highest BCUT2D eigenvalue weighted by Crippen LogP contribution is 2.39. The standard InChI is InChI=1S/C21H38O4/c22-18(15-16-7-5-6-8-16)13-11-17-12-14-20(23)19(17)9-3-1-2-4-10-21(24)25/h16-20,22-23H,1-15H2,(H,24,25)/t17-,18?,19+,20-/m0/s1. The number of unbranched alkanes of at least 4 members (excludes halogenated alkanes) is 3.